The lowest BCUT2D eigenvalue weighted by atomic mass is 9.74. The summed E-state index contributed by atoms with van der Waals surface area (Å²) in [5.41, 5.74) is -0.341. The van der Waals surface area contributed by atoms with Gasteiger partial charge in [0.15, 0.2) is 0 Å². The molecule has 3 nitrogen and oxygen atoms in total. The molecule has 2 aliphatic heterocycles. The van der Waals surface area contributed by atoms with Crippen LogP contribution in [-0.4, -0.2) is 24.2 Å². The molecule has 13 heavy (non-hydrogen) atoms. The van der Waals surface area contributed by atoms with Crippen LogP contribution < -0.4 is 5.32 Å². The Hall–Kier alpha value is -0.570. The lowest BCUT2D eigenvalue weighted by molar-refractivity contribution is -0.165. The molecular formula is C10H17NO2. The van der Waals surface area contributed by atoms with E-state index in [0.29, 0.717) is 12.0 Å². The lowest BCUT2D eigenvalue weighted by Crippen LogP contribution is -2.45. The largest absolute Gasteiger partial charge is 0.460 e. The highest BCUT2D eigenvalue weighted by molar-refractivity contribution is 5.76. The van der Waals surface area contributed by atoms with Crippen LogP contribution in [0.5, 0.6) is 0 Å². The van der Waals surface area contributed by atoms with Gasteiger partial charge in [-0.3, -0.25) is 4.79 Å². The van der Waals surface area contributed by atoms with Crippen molar-refractivity contribution in [2.24, 2.45) is 11.8 Å². The summed E-state index contributed by atoms with van der Waals surface area (Å²) in [6, 6.07) is 0.403. The standard InChI is InChI=1S/C10H17NO2/c1-10(2,3)13-9(12)8-6-4-7(8)11-5-6/h6-8,11H,4-5H2,1-3H3. The van der Waals surface area contributed by atoms with Gasteiger partial charge in [-0.05, 0) is 39.7 Å². The van der Waals surface area contributed by atoms with Gasteiger partial charge in [-0.2, -0.15) is 0 Å². The molecule has 1 saturated carbocycles. The van der Waals surface area contributed by atoms with Gasteiger partial charge in [0.2, 0.25) is 0 Å². The Morgan fingerprint density at radius 3 is 2.54 bits per heavy atom. The van der Waals surface area contributed by atoms with E-state index in [1.165, 1.54) is 0 Å². The second-order valence-corrected chi connectivity index (χ2v) is 5.07. The Balaban J connectivity index is 1.92. The van der Waals surface area contributed by atoms with E-state index < -0.39 is 0 Å². The first-order chi connectivity index (χ1) is 5.97. The molecule has 0 aromatic rings. The predicted molar refractivity (Wildman–Crippen MR) is 49.2 cm³/mol. The Kier molecular flexibility index (Phi) is 1.88. The van der Waals surface area contributed by atoms with Gasteiger partial charge in [-0.1, -0.05) is 0 Å². The maximum absolute atomic E-state index is 11.6. The summed E-state index contributed by atoms with van der Waals surface area (Å²) in [6.45, 7) is 6.74. The first-order valence-electron chi connectivity index (χ1n) is 4.93. The number of rotatable bonds is 1. The first kappa shape index (κ1) is 9.00. The summed E-state index contributed by atoms with van der Waals surface area (Å²) in [7, 11) is 0. The van der Waals surface area contributed by atoms with Gasteiger partial charge in [0.05, 0.1) is 5.92 Å². The van der Waals surface area contributed by atoms with Gasteiger partial charge in [-0.25, -0.2) is 0 Å². The van der Waals surface area contributed by atoms with Crippen molar-refractivity contribution < 1.29 is 9.53 Å². The lowest BCUT2D eigenvalue weighted by Gasteiger charge is -2.34. The van der Waals surface area contributed by atoms with Gasteiger partial charge in [0.1, 0.15) is 5.60 Å². The Labute approximate surface area is 78.8 Å². The monoisotopic (exact) mass is 183 g/mol. The number of carbonyl (C=O) groups is 1. The number of nitrogens with one attached hydrogen (secondary N) is 1. The summed E-state index contributed by atoms with van der Waals surface area (Å²) in [5.74, 6) is 0.665. The molecule has 0 radical (unpaired) electrons. The minimum absolute atomic E-state index is 0.0150. The molecule has 0 spiro atoms. The smallest absolute Gasteiger partial charge is 0.311 e. The molecule has 3 unspecified atom stereocenters. The van der Waals surface area contributed by atoms with Crippen LogP contribution in [0.25, 0.3) is 0 Å². The van der Waals surface area contributed by atoms with Crippen LogP contribution in [0.1, 0.15) is 27.2 Å². The van der Waals surface area contributed by atoms with Crippen molar-refractivity contribution in [2.75, 3.05) is 6.54 Å². The maximum Gasteiger partial charge on any atom is 0.311 e. The van der Waals surface area contributed by atoms with Crippen molar-refractivity contribution in [3.05, 3.63) is 0 Å². The highest BCUT2D eigenvalue weighted by Gasteiger charge is 2.52. The molecule has 1 aliphatic carbocycles. The quantitative estimate of drug-likeness (QED) is 0.615. The van der Waals surface area contributed by atoms with E-state index in [-0.39, 0.29) is 17.5 Å². The van der Waals surface area contributed by atoms with Crippen molar-refractivity contribution in [2.45, 2.75) is 38.8 Å². The number of hydrogen-bond acceptors (Lipinski definition) is 3. The SMILES string of the molecule is CC(C)(C)OC(=O)C1C2CNC1C2. The zero-order valence-corrected chi connectivity index (χ0v) is 8.46. The molecule has 3 rings (SSSR count). The van der Waals surface area contributed by atoms with E-state index in [0.717, 1.165) is 13.0 Å². The van der Waals surface area contributed by atoms with Crippen molar-refractivity contribution in [1.82, 2.24) is 5.32 Å². The van der Waals surface area contributed by atoms with E-state index >= 15 is 0 Å². The van der Waals surface area contributed by atoms with Gasteiger partial charge in [0.25, 0.3) is 0 Å². The number of fused-ring (bicyclic) bond motifs is 1. The first-order valence-corrected chi connectivity index (χ1v) is 4.93. The fourth-order valence-corrected chi connectivity index (χ4v) is 2.20. The van der Waals surface area contributed by atoms with Gasteiger partial charge >= 0.3 is 5.97 Å². The van der Waals surface area contributed by atoms with Crippen LogP contribution in [0.2, 0.25) is 0 Å². The van der Waals surface area contributed by atoms with Gasteiger partial charge in [-0.15, -0.1) is 0 Å². The van der Waals surface area contributed by atoms with E-state index in [4.69, 9.17) is 4.74 Å². The fraction of sp³-hybridized carbons (Fsp3) is 0.900. The van der Waals surface area contributed by atoms with E-state index in [1.807, 2.05) is 20.8 Å². The van der Waals surface area contributed by atoms with Crippen molar-refractivity contribution in [3.8, 4) is 0 Å². The zero-order chi connectivity index (χ0) is 9.64. The molecule has 3 fully saturated rings. The summed E-state index contributed by atoms with van der Waals surface area (Å²) in [6.07, 6.45) is 1.16. The molecule has 0 amide bonds. The topological polar surface area (TPSA) is 38.3 Å². The average molecular weight is 183 g/mol. The number of ether oxygens (including phenoxy) is 1. The van der Waals surface area contributed by atoms with E-state index in [9.17, 15) is 4.79 Å². The average Bonchev–Trinajstić information content (AvgIpc) is 2.36. The zero-order valence-electron chi connectivity index (χ0n) is 8.46. The second kappa shape index (κ2) is 2.71. The molecule has 2 bridgehead atoms. The van der Waals surface area contributed by atoms with Gasteiger partial charge < -0.3 is 10.1 Å². The summed E-state index contributed by atoms with van der Waals surface area (Å²) in [5, 5.41) is 3.31. The van der Waals surface area contributed by atoms with Crippen LogP contribution in [0.4, 0.5) is 0 Å². The Morgan fingerprint density at radius 1 is 1.46 bits per heavy atom. The van der Waals surface area contributed by atoms with E-state index in [1.54, 1.807) is 0 Å². The number of carbonyl (C=O) groups excluding carboxylic acids is 1. The molecule has 0 aromatic carbocycles. The van der Waals surface area contributed by atoms with Crippen LogP contribution in [0.15, 0.2) is 0 Å². The van der Waals surface area contributed by atoms with Crippen LogP contribution in [0.3, 0.4) is 0 Å². The minimum Gasteiger partial charge on any atom is -0.460 e. The molecule has 3 atom stereocenters. The molecule has 0 aromatic heterocycles. The molecule has 3 aliphatic rings. The normalized spacial score (nSPS) is 37.0. The molecular weight excluding hydrogens is 166 g/mol. The minimum atomic E-state index is -0.341. The van der Waals surface area contributed by atoms with Crippen LogP contribution in [0, 0.1) is 11.8 Å². The van der Waals surface area contributed by atoms with Gasteiger partial charge in [0, 0.05) is 6.04 Å². The Morgan fingerprint density at radius 2 is 2.15 bits per heavy atom. The summed E-state index contributed by atoms with van der Waals surface area (Å²) in [4.78, 5) is 11.6. The molecule has 3 heteroatoms. The van der Waals surface area contributed by atoms with Crippen LogP contribution in [-0.2, 0) is 9.53 Å². The number of esters is 1. The highest BCUT2D eigenvalue weighted by atomic mass is 16.6. The molecule has 2 heterocycles. The second-order valence-electron chi connectivity index (χ2n) is 5.07. The molecule has 1 N–H and O–H groups in total. The summed E-state index contributed by atoms with van der Waals surface area (Å²) < 4.78 is 5.34. The summed E-state index contributed by atoms with van der Waals surface area (Å²) >= 11 is 0. The highest BCUT2D eigenvalue weighted by Crippen LogP contribution is 2.41. The Bertz CT molecular complexity index is 218. The third-order valence-corrected chi connectivity index (χ3v) is 2.82. The van der Waals surface area contributed by atoms with Crippen molar-refractivity contribution >= 4 is 5.97 Å². The van der Waals surface area contributed by atoms with Crippen molar-refractivity contribution in [1.29, 1.82) is 0 Å². The van der Waals surface area contributed by atoms with Crippen molar-refractivity contribution in [3.63, 3.8) is 0 Å². The number of hydrogen-bond donors (Lipinski definition) is 1. The predicted octanol–water partition coefficient (Wildman–Crippen LogP) is 0.936. The third kappa shape index (κ3) is 1.57. The van der Waals surface area contributed by atoms with E-state index in [2.05, 4.69) is 5.32 Å². The molecule has 2 saturated heterocycles. The van der Waals surface area contributed by atoms with Crippen LogP contribution >= 0.6 is 0 Å². The fourth-order valence-electron chi connectivity index (χ4n) is 2.20. The maximum atomic E-state index is 11.6. The molecule has 74 valence electrons. The third-order valence-electron chi connectivity index (χ3n) is 2.82.